The number of halogens is 2. The third-order valence-corrected chi connectivity index (χ3v) is 6.03. The fourth-order valence-electron chi connectivity index (χ4n) is 3.28. The first-order valence-corrected chi connectivity index (χ1v) is 13.5. The molecule has 0 spiro atoms. The quantitative estimate of drug-likeness (QED) is 0.126. The molecule has 0 heterocycles. The van der Waals surface area contributed by atoms with Gasteiger partial charge < -0.3 is 18.9 Å². The molecule has 3 rings (SSSR count). The highest BCUT2D eigenvalue weighted by Gasteiger charge is 2.14. The monoisotopic (exact) mass is 636 g/mol. The maximum Gasteiger partial charge on any atom is 0.271 e. The number of benzene rings is 3. The first kappa shape index (κ1) is 28.6. The first-order chi connectivity index (χ1) is 17.9. The van der Waals surface area contributed by atoms with Crippen molar-refractivity contribution in [1.29, 1.82) is 0 Å². The Balaban J connectivity index is 1.70. The summed E-state index contributed by atoms with van der Waals surface area (Å²) in [5, 5.41) is 4.81. The zero-order valence-corrected chi connectivity index (χ0v) is 24.0. The van der Waals surface area contributed by atoms with Crippen LogP contribution in [0.5, 0.6) is 23.0 Å². The van der Waals surface area contributed by atoms with Crippen LogP contribution in [0.25, 0.3) is 0 Å². The van der Waals surface area contributed by atoms with Crippen molar-refractivity contribution >= 4 is 46.3 Å². The number of hydrazone groups is 1. The molecule has 0 aliphatic rings. The molecule has 0 atom stereocenters. The average molecular weight is 637 g/mol. The second-order valence-corrected chi connectivity index (χ2v) is 9.42. The molecule has 37 heavy (non-hydrogen) atoms. The zero-order chi connectivity index (χ0) is 26.6. The highest BCUT2D eigenvalue weighted by molar-refractivity contribution is 14.1. The van der Waals surface area contributed by atoms with Crippen LogP contribution in [0.2, 0.25) is 5.02 Å². The van der Waals surface area contributed by atoms with Crippen molar-refractivity contribution in [2.24, 2.45) is 5.10 Å². The van der Waals surface area contributed by atoms with Gasteiger partial charge in [0.15, 0.2) is 23.0 Å². The molecular weight excluding hydrogens is 607 g/mol. The summed E-state index contributed by atoms with van der Waals surface area (Å²) < 4.78 is 24.1. The minimum atomic E-state index is -0.359. The molecule has 0 bridgehead atoms. The van der Waals surface area contributed by atoms with Gasteiger partial charge in [0.25, 0.3) is 5.91 Å². The predicted octanol–water partition coefficient (Wildman–Crippen LogP) is 6.87. The van der Waals surface area contributed by atoms with Crippen molar-refractivity contribution in [3.63, 3.8) is 0 Å². The van der Waals surface area contributed by atoms with Crippen LogP contribution >= 0.6 is 34.2 Å². The van der Waals surface area contributed by atoms with Gasteiger partial charge in [-0.05, 0) is 96.5 Å². The summed E-state index contributed by atoms with van der Waals surface area (Å²) in [4.78, 5) is 12.7. The van der Waals surface area contributed by atoms with Crippen LogP contribution in [-0.4, -0.2) is 31.9 Å². The Morgan fingerprint density at radius 1 is 0.919 bits per heavy atom. The Hall–Kier alpha value is -2.98. The van der Waals surface area contributed by atoms with E-state index in [1.54, 1.807) is 24.4 Å². The van der Waals surface area contributed by atoms with E-state index in [-0.39, 0.29) is 5.91 Å². The second kappa shape index (κ2) is 14.7. The van der Waals surface area contributed by atoms with Crippen LogP contribution in [-0.2, 0) is 6.61 Å². The van der Waals surface area contributed by atoms with Gasteiger partial charge >= 0.3 is 0 Å². The molecule has 0 saturated heterocycles. The molecule has 1 N–H and O–H groups in total. The molecular formula is C28H30ClIN2O5. The molecule has 0 saturated carbocycles. The molecule has 196 valence electrons. The van der Waals surface area contributed by atoms with Gasteiger partial charge in [0.1, 0.15) is 6.61 Å². The van der Waals surface area contributed by atoms with Gasteiger partial charge in [-0.15, -0.1) is 0 Å². The molecule has 3 aromatic carbocycles. The smallest absolute Gasteiger partial charge is 0.271 e. The normalized spacial score (nSPS) is 10.8. The van der Waals surface area contributed by atoms with E-state index in [2.05, 4.69) is 33.1 Å². The van der Waals surface area contributed by atoms with Crippen LogP contribution in [0.3, 0.4) is 0 Å². The fourth-order valence-corrected chi connectivity index (χ4v) is 4.19. The van der Waals surface area contributed by atoms with Gasteiger partial charge in [-0.25, -0.2) is 5.43 Å². The molecule has 0 aliphatic carbocycles. The highest BCUT2D eigenvalue weighted by Crippen LogP contribution is 2.34. The molecule has 0 fully saturated rings. The summed E-state index contributed by atoms with van der Waals surface area (Å²) in [6.07, 6.45) is 2.44. The third kappa shape index (κ3) is 8.53. The van der Waals surface area contributed by atoms with E-state index in [0.717, 1.165) is 21.1 Å². The Kier molecular flexibility index (Phi) is 11.3. The lowest BCUT2D eigenvalue weighted by molar-refractivity contribution is 0.0954. The Morgan fingerprint density at radius 2 is 1.65 bits per heavy atom. The maximum absolute atomic E-state index is 12.7. The molecule has 0 unspecified atom stereocenters. The number of carbonyl (C=O) groups is 1. The Bertz CT molecular complexity index is 1220. The van der Waals surface area contributed by atoms with Gasteiger partial charge in [-0.3, -0.25) is 4.79 Å². The summed E-state index contributed by atoms with van der Waals surface area (Å²) >= 11 is 8.16. The van der Waals surface area contributed by atoms with E-state index in [4.69, 9.17) is 30.5 Å². The molecule has 0 aliphatic heterocycles. The summed E-state index contributed by atoms with van der Waals surface area (Å²) in [6, 6.07) is 16.3. The van der Waals surface area contributed by atoms with Crippen LogP contribution < -0.4 is 24.4 Å². The van der Waals surface area contributed by atoms with Crippen molar-refractivity contribution in [2.75, 3.05) is 19.8 Å². The van der Waals surface area contributed by atoms with E-state index in [1.165, 1.54) is 0 Å². The standard InChI is InChI=1S/C28H30ClIN2O5/c1-4-13-36-24-12-9-21(16-25(24)34-5-2)28(33)32-31-17-20-14-23(30)27(26(15-20)35-6-3)37-18-19-7-10-22(29)11-8-19/h7-12,14-17H,4-6,13,18H2,1-3H3,(H,32,33)/b31-17+. The largest absolute Gasteiger partial charge is 0.490 e. The number of rotatable bonds is 13. The number of ether oxygens (including phenoxy) is 4. The number of carbonyl (C=O) groups excluding carboxylic acids is 1. The average Bonchev–Trinajstić information content (AvgIpc) is 2.88. The van der Waals surface area contributed by atoms with E-state index in [9.17, 15) is 4.79 Å². The number of hydrogen-bond donors (Lipinski definition) is 1. The van der Waals surface area contributed by atoms with E-state index < -0.39 is 0 Å². The minimum absolute atomic E-state index is 0.359. The van der Waals surface area contributed by atoms with E-state index >= 15 is 0 Å². The van der Waals surface area contributed by atoms with Crippen molar-refractivity contribution in [1.82, 2.24) is 5.43 Å². The SMILES string of the molecule is CCCOc1ccc(C(=O)N/N=C/c2cc(I)c(OCc3ccc(Cl)cc3)c(OCC)c2)cc1OCC. The molecule has 9 heteroatoms. The van der Waals surface area contributed by atoms with Crippen molar-refractivity contribution < 1.29 is 23.7 Å². The third-order valence-electron chi connectivity index (χ3n) is 4.98. The van der Waals surface area contributed by atoms with Crippen molar-refractivity contribution in [2.45, 2.75) is 33.8 Å². The molecule has 1 amide bonds. The summed E-state index contributed by atoms with van der Waals surface area (Å²) in [6.45, 7) is 7.71. The highest BCUT2D eigenvalue weighted by atomic mass is 127. The topological polar surface area (TPSA) is 78.4 Å². The van der Waals surface area contributed by atoms with Gasteiger partial charge in [-0.2, -0.15) is 5.10 Å². The predicted molar refractivity (Wildman–Crippen MR) is 155 cm³/mol. The fraction of sp³-hybridized carbons (Fsp3) is 0.286. The van der Waals surface area contributed by atoms with E-state index in [0.29, 0.717) is 60.0 Å². The number of nitrogens with zero attached hydrogens (tertiary/aromatic N) is 1. The van der Waals surface area contributed by atoms with Crippen molar-refractivity contribution in [3.8, 4) is 23.0 Å². The lowest BCUT2D eigenvalue weighted by Gasteiger charge is -2.15. The molecule has 7 nitrogen and oxygen atoms in total. The van der Waals surface area contributed by atoms with Crippen LogP contribution in [0.1, 0.15) is 48.7 Å². The lowest BCUT2D eigenvalue weighted by atomic mass is 10.2. The zero-order valence-electron chi connectivity index (χ0n) is 21.1. The summed E-state index contributed by atoms with van der Waals surface area (Å²) in [7, 11) is 0. The number of nitrogens with one attached hydrogen (secondary N) is 1. The Morgan fingerprint density at radius 3 is 2.35 bits per heavy atom. The summed E-state index contributed by atoms with van der Waals surface area (Å²) in [5.41, 5.74) is 4.73. The lowest BCUT2D eigenvalue weighted by Crippen LogP contribution is -2.18. The van der Waals surface area contributed by atoms with Gasteiger partial charge in [0, 0.05) is 10.6 Å². The van der Waals surface area contributed by atoms with Crippen LogP contribution in [0.15, 0.2) is 59.7 Å². The number of hydrogen-bond acceptors (Lipinski definition) is 6. The number of amides is 1. The van der Waals surface area contributed by atoms with Crippen LogP contribution in [0.4, 0.5) is 0 Å². The maximum atomic E-state index is 12.7. The van der Waals surface area contributed by atoms with Crippen LogP contribution in [0, 0.1) is 3.57 Å². The molecule has 0 aromatic heterocycles. The summed E-state index contributed by atoms with van der Waals surface area (Å²) in [5.74, 6) is 2.02. The van der Waals surface area contributed by atoms with Crippen molar-refractivity contribution in [3.05, 3.63) is 79.9 Å². The van der Waals surface area contributed by atoms with Gasteiger partial charge in [0.2, 0.25) is 0 Å². The van der Waals surface area contributed by atoms with Gasteiger partial charge in [0.05, 0.1) is 29.6 Å². The first-order valence-electron chi connectivity index (χ1n) is 12.0. The van der Waals surface area contributed by atoms with Gasteiger partial charge in [-0.1, -0.05) is 30.7 Å². The second-order valence-electron chi connectivity index (χ2n) is 7.82. The molecule has 0 radical (unpaired) electrons. The Labute approximate surface area is 236 Å². The van der Waals surface area contributed by atoms with E-state index in [1.807, 2.05) is 57.2 Å². The minimum Gasteiger partial charge on any atom is -0.490 e. The molecule has 3 aromatic rings.